The van der Waals surface area contributed by atoms with E-state index in [1.165, 1.54) is 25.3 Å². The molecule has 1 amide bonds. The zero-order valence-electron chi connectivity index (χ0n) is 19.6. The monoisotopic (exact) mass is 492 g/mol. The molecule has 0 aromatic heterocycles. The van der Waals surface area contributed by atoms with Gasteiger partial charge in [0.05, 0.1) is 17.7 Å². The molecule has 0 aliphatic rings. The van der Waals surface area contributed by atoms with Gasteiger partial charge in [0.15, 0.2) is 11.6 Å². The van der Waals surface area contributed by atoms with E-state index in [4.69, 9.17) is 4.74 Å². The number of sulfonamides is 1. The molecule has 180 valence electrons. The number of benzene rings is 4. The maximum Gasteiger partial charge on any atom is 0.265 e. The topological polar surface area (TPSA) is 75.7 Å². The number of nitrogens with zero attached hydrogens (tertiary/aromatic N) is 1. The Balaban J connectivity index is 1.76. The molecule has 6 nitrogen and oxygen atoms in total. The second-order valence-electron chi connectivity index (χ2n) is 8.11. The van der Waals surface area contributed by atoms with Crippen molar-refractivity contribution in [3.8, 4) is 5.75 Å². The number of fused-ring (bicyclic) bond motifs is 1. The van der Waals surface area contributed by atoms with Crippen LogP contribution in [0.15, 0.2) is 83.8 Å². The summed E-state index contributed by atoms with van der Waals surface area (Å²) in [6, 6.07) is 21.5. The minimum Gasteiger partial charge on any atom is -0.494 e. The van der Waals surface area contributed by atoms with Gasteiger partial charge in [-0.15, -0.1) is 0 Å². The molecule has 0 radical (unpaired) electrons. The number of rotatable bonds is 7. The Kier molecular flexibility index (Phi) is 6.75. The van der Waals surface area contributed by atoms with Crippen LogP contribution in [-0.2, 0) is 14.8 Å². The first kappa shape index (κ1) is 24.2. The molecule has 0 fully saturated rings. The molecule has 8 heteroatoms. The van der Waals surface area contributed by atoms with Gasteiger partial charge in [-0.3, -0.25) is 9.10 Å². The number of carbonyl (C=O) groups is 1. The number of anilines is 2. The molecule has 4 rings (SSSR count). The van der Waals surface area contributed by atoms with E-state index >= 15 is 0 Å². The largest absolute Gasteiger partial charge is 0.494 e. The molecule has 0 spiro atoms. The first-order chi connectivity index (χ1) is 16.7. The lowest BCUT2D eigenvalue weighted by Crippen LogP contribution is -2.38. The normalized spacial score (nSPS) is 11.3. The number of ether oxygens (including phenoxy) is 1. The summed E-state index contributed by atoms with van der Waals surface area (Å²) in [6.45, 7) is 3.19. The van der Waals surface area contributed by atoms with Gasteiger partial charge in [0.2, 0.25) is 5.91 Å². The molecule has 4 aromatic carbocycles. The van der Waals surface area contributed by atoms with Crippen LogP contribution in [0.4, 0.5) is 15.8 Å². The average Bonchev–Trinajstić information content (AvgIpc) is 2.84. The Hall–Kier alpha value is -3.91. The van der Waals surface area contributed by atoms with Gasteiger partial charge in [-0.1, -0.05) is 48.5 Å². The van der Waals surface area contributed by atoms with Crippen molar-refractivity contribution in [3.63, 3.8) is 0 Å². The van der Waals surface area contributed by atoms with Crippen LogP contribution in [0.25, 0.3) is 10.8 Å². The Morgan fingerprint density at radius 1 is 0.971 bits per heavy atom. The molecule has 0 atom stereocenters. The number of amides is 1. The summed E-state index contributed by atoms with van der Waals surface area (Å²) in [5.41, 5.74) is 2.21. The summed E-state index contributed by atoms with van der Waals surface area (Å²) in [6.07, 6.45) is 0. The molecule has 0 bridgehead atoms. The maximum atomic E-state index is 14.1. The van der Waals surface area contributed by atoms with Gasteiger partial charge in [0.25, 0.3) is 10.0 Å². The Bertz CT molecular complexity index is 1510. The fourth-order valence-electron chi connectivity index (χ4n) is 3.92. The van der Waals surface area contributed by atoms with Crippen LogP contribution in [-0.4, -0.2) is 28.0 Å². The minimum absolute atomic E-state index is 0.0403. The van der Waals surface area contributed by atoms with E-state index in [2.05, 4.69) is 5.32 Å². The van der Waals surface area contributed by atoms with E-state index in [1.807, 2.05) is 38.1 Å². The molecule has 0 heterocycles. The molecule has 4 aromatic rings. The SMILES string of the molecule is COc1ccc(NC(=O)CN(c2cccc(C)c2C)S(=O)(=O)c2cccc3ccccc23)cc1F. The summed E-state index contributed by atoms with van der Waals surface area (Å²) < 4.78 is 48.1. The standard InChI is InChI=1S/C27H25FN2O4S/c1-18-8-6-12-24(19(18)2)30(17-27(31)29-21-14-15-25(34-3)23(28)16-21)35(32,33)26-13-7-10-20-9-4-5-11-22(20)26/h4-16H,17H2,1-3H3,(H,29,31). The lowest BCUT2D eigenvalue weighted by molar-refractivity contribution is -0.114. The van der Waals surface area contributed by atoms with Crippen molar-refractivity contribution >= 4 is 38.1 Å². The van der Waals surface area contributed by atoms with E-state index in [1.54, 1.807) is 30.3 Å². The first-order valence-electron chi connectivity index (χ1n) is 10.9. The predicted molar refractivity (Wildman–Crippen MR) is 136 cm³/mol. The van der Waals surface area contributed by atoms with Gasteiger partial charge in [-0.05, 0) is 54.6 Å². The molecule has 0 aliphatic carbocycles. The van der Waals surface area contributed by atoms with E-state index in [9.17, 15) is 17.6 Å². The van der Waals surface area contributed by atoms with Crippen molar-refractivity contribution < 1.29 is 22.3 Å². The van der Waals surface area contributed by atoms with Crippen LogP contribution >= 0.6 is 0 Å². The third-order valence-electron chi connectivity index (χ3n) is 5.89. The molecule has 1 N–H and O–H groups in total. The van der Waals surface area contributed by atoms with E-state index in [-0.39, 0.29) is 16.3 Å². The van der Waals surface area contributed by atoms with Gasteiger partial charge in [-0.25, -0.2) is 12.8 Å². The number of nitrogens with one attached hydrogen (secondary N) is 1. The first-order valence-corrected chi connectivity index (χ1v) is 12.4. The van der Waals surface area contributed by atoms with Gasteiger partial charge in [-0.2, -0.15) is 0 Å². The number of hydrogen-bond donors (Lipinski definition) is 1. The van der Waals surface area contributed by atoms with Crippen molar-refractivity contribution in [2.45, 2.75) is 18.7 Å². The second-order valence-corrected chi connectivity index (χ2v) is 9.94. The van der Waals surface area contributed by atoms with Gasteiger partial charge in [0.1, 0.15) is 6.54 Å². The zero-order chi connectivity index (χ0) is 25.2. The fraction of sp³-hybridized carbons (Fsp3) is 0.148. The highest BCUT2D eigenvalue weighted by Crippen LogP contribution is 2.32. The van der Waals surface area contributed by atoms with Gasteiger partial charge >= 0.3 is 0 Å². The van der Waals surface area contributed by atoms with Crippen molar-refractivity contribution in [3.05, 3.63) is 95.8 Å². The summed E-state index contributed by atoms with van der Waals surface area (Å²) in [7, 11) is -2.80. The van der Waals surface area contributed by atoms with Gasteiger partial charge < -0.3 is 10.1 Å². The van der Waals surface area contributed by atoms with Crippen LogP contribution < -0.4 is 14.4 Å². The van der Waals surface area contributed by atoms with Crippen LogP contribution in [0, 0.1) is 19.7 Å². The number of methoxy groups -OCH3 is 1. The second kappa shape index (κ2) is 9.76. The fourth-order valence-corrected chi connectivity index (χ4v) is 5.62. The lowest BCUT2D eigenvalue weighted by Gasteiger charge is -2.27. The third kappa shape index (κ3) is 4.83. The molecule has 35 heavy (non-hydrogen) atoms. The number of halogens is 1. The Labute approximate surface area is 204 Å². The minimum atomic E-state index is -4.15. The highest BCUT2D eigenvalue weighted by Gasteiger charge is 2.30. The van der Waals surface area contributed by atoms with Crippen molar-refractivity contribution in [2.75, 3.05) is 23.3 Å². The van der Waals surface area contributed by atoms with Crippen LogP contribution in [0.3, 0.4) is 0 Å². The number of aryl methyl sites for hydroxylation is 1. The van der Waals surface area contributed by atoms with E-state index < -0.39 is 28.3 Å². The summed E-state index contributed by atoms with van der Waals surface area (Å²) >= 11 is 0. The quantitative estimate of drug-likeness (QED) is 0.373. The molecule has 0 unspecified atom stereocenters. The van der Waals surface area contributed by atoms with E-state index in [0.29, 0.717) is 11.1 Å². The molecular formula is C27H25FN2O4S. The Morgan fingerprint density at radius 2 is 1.69 bits per heavy atom. The number of carbonyl (C=O) groups excluding carboxylic acids is 1. The third-order valence-corrected chi connectivity index (χ3v) is 7.70. The van der Waals surface area contributed by atoms with Crippen LogP contribution in [0.2, 0.25) is 0 Å². The van der Waals surface area contributed by atoms with Crippen LogP contribution in [0.1, 0.15) is 11.1 Å². The highest BCUT2D eigenvalue weighted by atomic mass is 32.2. The predicted octanol–water partition coefficient (Wildman–Crippen LogP) is 5.44. The van der Waals surface area contributed by atoms with Crippen LogP contribution in [0.5, 0.6) is 5.75 Å². The smallest absolute Gasteiger partial charge is 0.265 e. The lowest BCUT2D eigenvalue weighted by atomic mass is 10.1. The maximum absolute atomic E-state index is 14.1. The van der Waals surface area contributed by atoms with Crippen molar-refractivity contribution in [1.29, 1.82) is 0 Å². The van der Waals surface area contributed by atoms with Gasteiger partial charge in [0, 0.05) is 17.1 Å². The van der Waals surface area contributed by atoms with Crippen molar-refractivity contribution in [1.82, 2.24) is 0 Å². The van der Waals surface area contributed by atoms with Crippen molar-refractivity contribution in [2.24, 2.45) is 0 Å². The number of hydrogen-bond acceptors (Lipinski definition) is 4. The molecule has 0 saturated carbocycles. The molecule has 0 saturated heterocycles. The van der Waals surface area contributed by atoms with E-state index in [0.717, 1.165) is 26.9 Å². The summed E-state index contributed by atoms with van der Waals surface area (Å²) in [5.74, 6) is -1.21. The zero-order valence-corrected chi connectivity index (χ0v) is 20.4. The summed E-state index contributed by atoms with van der Waals surface area (Å²) in [5, 5.41) is 3.92. The highest BCUT2D eigenvalue weighted by molar-refractivity contribution is 7.93. The molecule has 0 aliphatic heterocycles. The average molecular weight is 493 g/mol. The Morgan fingerprint density at radius 3 is 2.43 bits per heavy atom. The summed E-state index contributed by atoms with van der Waals surface area (Å²) in [4.78, 5) is 13.1. The molecular weight excluding hydrogens is 467 g/mol.